The summed E-state index contributed by atoms with van der Waals surface area (Å²) < 4.78 is 5.48. The second-order valence-electron chi connectivity index (χ2n) is 5.14. The van der Waals surface area contributed by atoms with Gasteiger partial charge in [0.1, 0.15) is 0 Å². The molecule has 5 nitrogen and oxygen atoms in total. The van der Waals surface area contributed by atoms with Gasteiger partial charge in [0.25, 0.3) is 0 Å². The van der Waals surface area contributed by atoms with Crippen molar-refractivity contribution in [3.63, 3.8) is 0 Å². The van der Waals surface area contributed by atoms with E-state index in [2.05, 4.69) is 32.3 Å². The lowest BCUT2D eigenvalue weighted by molar-refractivity contribution is -0.0120. The van der Waals surface area contributed by atoms with E-state index in [0.29, 0.717) is 5.54 Å². The molecule has 102 valence electrons. The number of guanidine groups is 1. The number of nitrogens with one attached hydrogen (secondary N) is 2. The van der Waals surface area contributed by atoms with Gasteiger partial charge in [-0.25, -0.2) is 0 Å². The molecule has 2 fully saturated rings. The Kier molecular flexibility index (Phi) is 3.96. The molecule has 0 spiro atoms. The van der Waals surface area contributed by atoms with Gasteiger partial charge in [0.15, 0.2) is 5.96 Å². The maximum Gasteiger partial charge on any atom is 0.191 e. The summed E-state index contributed by atoms with van der Waals surface area (Å²) in [5.41, 5.74) is 0.307. The Balaban J connectivity index is 1.62. The third kappa shape index (κ3) is 2.60. The predicted octanol–water partition coefficient (Wildman–Crippen LogP) is -0.257. The highest BCUT2D eigenvalue weighted by Gasteiger charge is 2.40. The molecule has 3 aliphatic heterocycles. The molecular weight excluding hydrogens is 248 g/mol. The van der Waals surface area contributed by atoms with Crippen LogP contribution in [-0.4, -0.2) is 73.8 Å². The highest BCUT2D eigenvalue weighted by Crippen LogP contribution is 2.33. The van der Waals surface area contributed by atoms with Crippen molar-refractivity contribution in [1.82, 2.24) is 15.5 Å². The first-order valence-corrected chi connectivity index (χ1v) is 7.97. The van der Waals surface area contributed by atoms with E-state index in [1.807, 2.05) is 0 Å². The molecule has 2 saturated heterocycles. The van der Waals surface area contributed by atoms with Crippen molar-refractivity contribution in [2.75, 3.05) is 57.4 Å². The quantitative estimate of drug-likeness (QED) is 0.740. The van der Waals surface area contributed by atoms with E-state index < -0.39 is 0 Å². The second kappa shape index (κ2) is 5.67. The van der Waals surface area contributed by atoms with Crippen LogP contribution in [0.1, 0.15) is 6.42 Å². The molecule has 0 aliphatic carbocycles. The third-order valence-electron chi connectivity index (χ3n) is 4.02. The highest BCUT2D eigenvalue weighted by atomic mass is 32.2. The fourth-order valence-corrected chi connectivity index (χ4v) is 4.38. The number of hydrogen-bond donors (Lipinski definition) is 2. The maximum atomic E-state index is 5.48. The number of morpholine rings is 1. The number of thioether (sulfide) groups is 1. The smallest absolute Gasteiger partial charge is 0.191 e. The maximum absolute atomic E-state index is 5.48. The van der Waals surface area contributed by atoms with Gasteiger partial charge in [0.2, 0.25) is 0 Å². The SMILES string of the molecule is C1CNC(NC[C@@]2(N3CCOCC3)CCSC2)=N1. The van der Waals surface area contributed by atoms with Crippen molar-refractivity contribution in [3.05, 3.63) is 0 Å². The van der Waals surface area contributed by atoms with Crippen molar-refractivity contribution in [2.24, 2.45) is 4.99 Å². The van der Waals surface area contributed by atoms with Crippen LogP contribution in [0.25, 0.3) is 0 Å². The van der Waals surface area contributed by atoms with Gasteiger partial charge in [-0.2, -0.15) is 11.8 Å². The van der Waals surface area contributed by atoms with Crippen molar-refractivity contribution >= 4 is 17.7 Å². The molecular formula is C12H22N4OS. The molecule has 3 aliphatic rings. The first-order valence-electron chi connectivity index (χ1n) is 6.82. The summed E-state index contributed by atoms with van der Waals surface area (Å²) in [6.07, 6.45) is 1.28. The Morgan fingerprint density at radius 3 is 3.00 bits per heavy atom. The average molecular weight is 270 g/mol. The monoisotopic (exact) mass is 270 g/mol. The minimum absolute atomic E-state index is 0.307. The Bertz CT molecular complexity index is 311. The lowest BCUT2D eigenvalue weighted by Gasteiger charge is -2.43. The molecule has 0 unspecified atom stereocenters. The summed E-state index contributed by atoms with van der Waals surface area (Å²) in [5.74, 6) is 3.49. The predicted molar refractivity (Wildman–Crippen MR) is 75.4 cm³/mol. The molecule has 0 bridgehead atoms. The zero-order chi connectivity index (χ0) is 12.3. The van der Waals surface area contributed by atoms with E-state index in [4.69, 9.17) is 4.74 Å². The lowest BCUT2D eigenvalue weighted by atomic mass is 9.95. The van der Waals surface area contributed by atoms with Gasteiger partial charge in [0, 0.05) is 37.5 Å². The molecule has 18 heavy (non-hydrogen) atoms. The average Bonchev–Trinajstić information content (AvgIpc) is 3.10. The standard InChI is InChI=1S/C12H22N4OS/c1-8-18-10-12(1,16-4-6-17-7-5-16)9-15-11-13-2-3-14-11/h1-10H2,(H2,13,14,15)/t12-/m0/s1. The zero-order valence-corrected chi connectivity index (χ0v) is 11.6. The number of nitrogens with zero attached hydrogens (tertiary/aromatic N) is 2. The minimum Gasteiger partial charge on any atom is -0.379 e. The highest BCUT2D eigenvalue weighted by molar-refractivity contribution is 7.99. The van der Waals surface area contributed by atoms with Crippen LogP contribution < -0.4 is 10.6 Å². The third-order valence-corrected chi connectivity index (χ3v) is 5.26. The molecule has 0 aromatic rings. The summed E-state index contributed by atoms with van der Waals surface area (Å²) in [6.45, 7) is 6.79. The van der Waals surface area contributed by atoms with Crippen LogP contribution in [0.5, 0.6) is 0 Å². The molecule has 3 heterocycles. The number of rotatable bonds is 3. The van der Waals surface area contributed by atoms with Crippen molar-refractivity contribution in [1.29, 1.82) is 0 Å². The summed E-state index contributed by atoms with van der Waals surface area (Å²) in [4.78, 5) is 7.04. The van der Waals surface area contributed by atoms with Gasteiger partial charge in [0.05, 0.1) is 19.8 Å². The Labute approximate surface area is 113 Å². The van der Waals surface area contributed by atoms with Gasteiger partial charge in [-0.15, -0.1) is 0 Å². The van der Waals surface area contributed by atoms with Crippen LogP contribution in [0.3, 0.4) is 0 Å². The zero-order valence-electron chi connectivity index (χ0n) is 10.8. The van der Waals surface area contributed by atoms with Crippen molar-refractivity contribution in [3.8, 4) is 0 Å². The molecule has 1 atom stereocenters. The molecule has 0 radical (unpaired) electrons. The summed E-state index contributed by atoms with van der Waals surface area (Å²) in [7, 11) is 0. The van der Waals surface area contributed by atoms with E-state index in [9.17, 15) is 0 Å². The second-order valence-corrected chi connectivity index (χ2v) is 6.24. The fourth-order valence-electron chi connectivity index (χ4n) is 2.90. The molecule has 2 N–H and O–H groups in total. The van der Waals surface area contributed by atoms with Gasteiger partial charge < -0.3 is 15.4 Å². The van der Waals surface area contributed by atoms with Crippen molar-refractivity contribution < 1.29 is 4.74 Å². The van der Waals surface area contributed by atoms with E-state index in [0.717, 1.165) is 51.9 Å². The first-order chi connectivity index (χ1) is 8.89. The Hall–Kier alpha value is -0.460. The Morgan fingerprint density at radius 2 is 2.33 bits per heavy atom. The fraction of sp³-hybridized carbons (Fsp3) is 0.917. The lowest BCUT2D eigenvalue weighted by Crippen LogP contribution is -2.59. The molecule has 6 heteroatoms. The van der Waals surface area contributed by atoms with Crippen LogP contribution in [-0.2, 0) is 4.74 Å². The van der Waals surface area contributed by atoms with Crippen LogP contribution in [0.4, 0.5) is 0 Å². The van der Waals surface area contributed by atoms with E-state index in [-0.39, 0.29) is 0 Å². The first kappa shape index (κ1) is 12.6. The van der Waals surface area contributed by atoms with Gasteiger partial charge >= 0.3 is 0 Å². The molecule has 0 saturated carbocycles. The van der Waals surface area contributed by atoms with Crippen LogP contribution in [0, 0.1) is 0 Å². The van der Waals surface area contributed by atoms with Crippen LogP contribution in [0.15, 0.2) is 4.99 Å². The molecule has 0 amide bonds. The largest absolute Gasteiger partial charge is 0.379 e. The number of ether oxygens (including phenoxy) is 1. The molecule has 0 aromatic carbocycles. The van der Waals surface area contributed by atoms with E-state index in [1.165, 1.54) is 17.9 Å². The summed E-state index contributed by atoms with van der Waals surface area (Å²) in [5, 5.41) is 6.79. The summed E-state index contributed by atoms with van der Waals surface area (Å²) >= 11 is 2.07. The van der Waals surface area contributed by atoms with Crippen molar-refractivity contribution in [2.45, 2.75) is 12.0 Å². The van der Waals surface area contributed by atoms with Gasteiger partial charge in [-0.1, -0.05) is 0 Å². The molecule has 0 aromatic heterocycles. The number of aliphatic imine (C=N–C) groups is 1. The van der Waals surface area contributed by atoms with Gasteiger partial charge in [-0.05, 0) is 12.2 Å². The van der Waals surface area contributed by atoms with E-state index in [1.54, 1.807) is 0 Å². The minimum atomic E-state index is 0.307. The topological polar surface area (TPSA) is 48.9 Å². The molecule has 3 rings (SSSR count). The Morgan fingerprint density at radius 1 is 1.44 bits per heavy atom. The normalized spacial score (nSPS) is 33.2. The van der Waals surface area contributed by atoms with Gasteiger partial charge in [-0.3, -0.25) is 9.89 Å². The van der Waals surface area contributed by atoms with E-state index >= 15 is 0 Å². The van der Waals surface area contributed by atoms with Crippen LogP contribution in [0.2, 0.25) is 0 Å². The summed E-state index contributed by atoms with van der Waals surface area (Å²) in [6, 6.07) is 0. The van der Waals surface area contributed by atoms with Crippen LogP contribution >= 0.6 is 11.8 Å². The number of hydrogen-bond acceptors (Lipinski definition) is 6.